The second kappa shape index (κ2) is 18.0. The van der Waals surface area contributed by atoms with Crippen molar-refractivity contribution >= 4 is 61.2 Å². The quantitative estimate of drug-likeness (QED) is 0.0279. The van der Waals surface area contributed by atoms with Crippen LogP contribution < -0.4 is 0 Å². The second-order valence-corrected chi connectivity index (χ2v) is 14.7. The van der Waals surface area contributed by atoms with Gasteiger partial charge in [-0.15, -0.1) is 0 Å². The number of amidine groups is 2. The molecule has 0 aromatic heterocycles. The number of hydrogen-bond acceptors (Lipinski definition) is 2. The number of halogens is 8. The van der Waals surface area contributed by atoms with Crippen LogP contribution in [-0.4, -0.2) is 40.6 Å². The molecule has 51 heavy (non-hydrogen) atoms. The van der Waals surface area contributed by atoms with Crippen molar-refractivity contribution in [3.63, 3.8) is 0 Å². The molecule has 1 heterocycles. The topological polar surface area (TPSA) is 31.0 Å². The molecule has 0 atom stereocenters. The average Bonchev–Trinajstić information content (AvgIpc) is 3.10. The normalized spacial score (nSPS) is 13.8. The molecule has 1 aliphatic rings. The Morgan fingerprint density at radius 1 is 0.784 bits per heavy atom. The van der Waals surface area contributed by atoms with Gasteiger partial charge in [-0.05, 0) is 59.6 Å². The molecule has 4 nitrogen and oxygen atoms in total. The van der Waals surface area contributed by atoms with Crippen LogP contribution in [0.5, 0.6) is 0 Å². The SMILES string of the molecule is Cc1cc(C)c(N=C(c2c(F)c(F)c(F)c(F)c2F)N2[C-]=[N+](C(=Nc3c(C(C)C)cccc3C(C)C)c3ccccc3)CCC2)c(Cl)c1.[Cl][Fe+][Cl]. The zero-order chi connectivity index (χ0) is 37.6. The number of nitrogens with zero attached hydrogens (tertiary/aromatic N) is 4. The van der Waals surface area contributed by atoms with Gasteiger partial charge in [0, 0.05) is 13.0 Å². The summed E-state index contributed by atoms with van der Waals surface area (Å²) >= 11 is 6.73. The Kier molecular flexibility index (Phi) is 14.3. The van der Waals surface area contributed by atoms with Crippen LogP contribution in [0.15, 0.2) is 70.6 Å². The molecule has 13 heteroatoms. The van der Waals surface area contributed by atoms with Crippen molar-refractivity contribution < 1.29 is 39.7 Å². The van der Waals surface area contributed by atoms with Gasteiger partial charge in [0.15, 0.2) is 34.9 Å². The van der Waals surface area contributed by atoms with Crippen LogP contribution in [0.25, 0.3) is 0 Å². The van der Waals surface area contributed by atoms with Crippen LogP contribution in [-0.2, 0) is 13.1 Å². The summed E-state index contributed by atoms with van der Waals surface area (Å²) in [7, 11) is 9.53. The number of para-hydroxylation sites is 1. The van der Waals surface area contributed by atoms with Gasteiger partial charge in [-0.25, -0.2) is 22.0 Å². The molecule has 4 aromatic carbocycles. The van der Waals surface area contributed by atoms with Gasteiger partial charge in [-0.3, -0.25) is 4.99 Å². The van der Waals surface area contributed by atoms with E-state index >= 15 is 8.78 Å². The van der Waals surface area contributed by atoms with Crippen LogP contribution in [0.2, 0.25) is 5.02 Å². The van der Waals surface area contributed by atoms with E-state index in [4.69, 9.17) is 36.8 Å². The summed E-state index contributed by atoms with van der Waals surface area (Å²) in [5.41, 5.74) is 3.93. The van der Waals surface area contributed by atoms with Crippen molar-refractivity contribution in [2.24, 2.45) is 9.98 Å². The third kappa shape index (κ3) is 9.21. The molecular weight excluding hydrogens is 770 g/mol. The summed E-state index contributed by atoms with van der Waals surface area (Å²) in [5.74, 6) is -10.1. The third-order valence-corrected chi connectivity index (χ3v) is 8.45. The molecule has 5 rings (SSSR count). The predicted molar refractivity (Wildman–Crippen MR) is 194 cm³/mol. The maximum atomic E-state index is 15.5. The Morgan fingerprint density at radius 3 is 1.86 bits per heavy atom. The molecule has 271 valence electrons. The second-order valence-electron chi connectivity index (χ2n) is 12.5. The van der Waals surface area contributed by atoms with Crippen molar-refractivity contribution in [1.29, 1.82) is 0 Å². The van der Waals surface area contributed by atoms with Crippen LogP contribution in [0.3, 0.4) is 0 Å². The van der Waals surface area contributed by atoms with E-state index in [1.165, 1.54) is 4.90 Å². The fourth-order valence-electron chi connectivity index (χ4n) is 5.76. The minimum atomic E-state index is -2.26. The number of benzene rings is 4. The van der Waals surface area contributed by atoms with E-state index in [2.05, 4.69) is 39.0 Å². The monoisotopic (exact) mass is 804 g/mol. The van der Waals surface area contributed by atoms with Crippen LogP contribution in [0.4, 0.5) is 33.3 Å². The first-order valence-electron chi connectivity index (χ1n) is 16.0. The Bertz CT molecular complexity index is 1910. The number of aryl methyl sites for hydroxylation is 2. The number of rotatable bonds is 6. The third-order valence-electron chi connectivity index (χ3n) is 8.16. The van der Waals surface area contributed by atoms with E-state index in [0.29, 0.717) is 24.4 Å². The fraction of sp³-hybridized carbons (Fsp3) is 0.289. The van der Waals surface area contributed by atoms with Gasteiger partial charge >= 0.3 is 33.3 Å². The molecule has 0 spiro atoms. The fourth-order valence-corrected chi connectivity index (χ4v) is 6.13. The summed E-state index contributed by atoms with van der Waals surface area (Å²) in [4.78, 5) is 11.0. The van der Waals surface area contributed by atoms with Crippen molar-refractivity contribution in [3.8, 4) is 0 Å². The molecule has 1 aliphatic heterocycles. The zero-order valence-corrected chi connectivity index (χ0v) is 32.1. The zero-order valence-electron chi connectivity index (χ0n) is 28.7. The minimum absolute atomic E-state index is 0.110. The summed E-state index contributed by atoms with van der Waals surface area (Å²) < 4.78 is 76.2. The summed E-state index contributed by atoms with van der Waals surface area (Å²) in [5, 5.41) is 0.154. The summed E-state index contributed by atoms with van der Waals surface area (Å²) in [6, 6.07) is 18.8. The van der Waals surface area contributed by atoms with Crippen LogP contribution in [0.1, 0.15) is 79.3 Å². The summed E-state index contributed by atoms with van der Waals surface area (Å²) in [6.45, 7) is 12.4. The van der Waals surface area contributed by atoms with Gasteiger partial charge in [-0.2, -0.15) is 4.99 Å². The van der Waals surface area contributed by atoms with Crippen molar-refractivity contribution in [1.82, 2.24) is 4.90 Å². The van der Waals surface area contributed by atoms with E-state index in [0.717, 1.165) is 27.9 Å². The molecule has 4 aromatic rings. The molecule has 0 amide bonds. The summed E-state index contributed by atoms with van der Waals surface area (Å²) in [6.07, 6.45) is 3.55. The predicted octanol–water partition coefficient (Wildman–Crippen LogP) is 11.8. The van der Waals surface area contributed by atoms with Crippen molar-refractivity contribution in [2.75, 3.05) is 13.1 Å². The van der Waals surface area contributed by atoms with E-state index in [-0.39, 0.29) is 42.2 Å². The standard InChI is InChI=1S/C38H36ClF5N4.2ClH.Fe/c1-21(2)26-14-10-15-27(22(3)4)36(26)46-37(25-12-8-7-9-13-25)47-16-11-17-48(20-47)38(45-35-24(6)18-23(5)19-28(35)39)29-30(40)32(42)34(44)33(43)31(29)41;;;/h7-10,12-15,18-19,21-22H,11,16-17H2,1-6H3;2*1H;/q;;;+3/p-2. The van der Waals surface area contributed by atoms with Gasteiger partial charge in [0.25, 0.3) is 0 Å². The van der Waals surface area contributed by atoms with Crippen LogP contribution in [0, 0.1) is 42.9 Å². The van der Waals surface area contributed by atoms with Gasteiger partial charge in [-0.1, -0.05) is 93.9 Å². The van der Waals surface area contributed by atoms with E-state index in [9.17, 15) is 13.2 Å². The Balaban J connectivity index is 0.00000188. The van der Waals surface area contributed by atoms with Gasteiger partial charge in [0.05, 0.1) is 22.8 Å². The van der Waals surface area contributed by atoms with Crippen molar-refractivity contribution in [3.05, 3.63) is 128 Å². The number of aliphatic imine (C=N–C) groups is 2. The van der Waals surface area contributed by atoms with E-state index in [1.54, 1.807) is 23.6 Å². The van der Waals surface area contributed by atoms with Crippen molar-refractivity contribution in [2.45, 2.75) is 59.8 Å². The Labute approximate surface area is 315 Å². The molecule has 0 fully saturated rings. The van der Waals surface area contributed by atoms with Crippen LogP contribution >= 0.6 is 31.8 Å². The van der Waals surface area contributed by atoms with E-state index in [1.807, 2.05) is 55.5 Å². The maximum absolute atomic E-state index is 15.5. The molecule has 0 radical (unpaired) electrons. The number of hydrogen-bond donors (Lipinski definition) is 0. The first-order chi connectivity index (χ1) is 24.2. The van der Waals surface area contributed by atoms with Gasteiger partial charge in [0.1, 0.15) is 17.9 Å². The molecule has 0 aliphatic carbocycles. The molecule has 0 bridgehead atoms. The van der Waals surface area contributed by atoms with Gasteiger partial charge in [0.2, 0.25) is 0 Å². The average molecular weight is 806 g/mol. The molecule has 0 saturated heterocycles. The van der Waals surface area contributed by atoms with E-state index < -0.39 is 40.5 Å². The molecule has 0 saturated carbocycles. The van der Waals surface area contributed by atoms with Gasteiger partial charge < -0.3 is 9.48 Å². The first-order valence-corrected chi connectivity index (χ1v) is 19.4. The Morgan fingerprint density at radius 2 is 1.33 bits per heavy atom. The molecule has 0 N–H and O–H groups in total. The first kappa shape index (κ1) is 40.5. The molecular formula is C38H36Cl3F5FeN4+. The Hall–Kier alpha value is -3.27. The molecule has 0 unspecified atom stereocenters.